The summed E-state index contributed by atoms with van der Waals surface area (Å²) in [6.45, 7) is 6.45. The molecule has 0 unspecified atom stereocenters. The number of nitriles is 1. The number of amides is 1. The van der Waals surface area contributed by atoms with E-state index in [1.165, 1.54) is 0 Å². The molecule has 138 valence electrons. The Morgan fingerprint density at radius 3 is 2.92 bits per heavy atom. The van der Waals surface area contributed by atoms with Crippen LogP contribution in [0.4, 0.5) is 5.82 Å². The van der Waals surface area contributed by atoms with E-state index in [1.807, 2.05) is 4.90 Å². The van der Waals surface area contributed by atoms with E-state index >= 15 is 0 Å². The maximum Gasteiger partial charge on any atom is 0.243 e. The Morgan fingerprint density at radius 1 is 1.31 bits per heavy atom. The third kappa shape index (κ3) is 3.03. The predicted molar refractivity (Wildman–Crippen MR) is 95.2 cm³/mol. The van der Waals surface area contributed by atoms with Gasteiger partial charge in [-0.3, -0.25) is 4.79 Å². The lowest BCUT2D eigenvalue weighted by Gasteiger charge is -2.43. The van der Waals surface area contributed by atoms with Crippen molar-refractivity contribution in [1.29, 1.82) is 5.26 Å². The first kappa shape index (κ1) is 17.2. The lowest BCUT2D eigenvalue weighted by Crippen LogP contribution is -2.51. The Balaban J connectivity index is 1.51. The number of aromatic nitrogens is 2. The number of hydrogen-bond acceptors (Lipinski definition) is 6. The Bertz CT molecular complexity index is 730. The lowest BCUT2D eigenvalue weighted by atomic mass is 9.62. The number of rotatable bonds is 2. The molecular weight excluding hydrogens is 330 g/mol. The summed E-state index contributed by atoms with van der Waals surface area (Å²) in [5, 5.41) is 18.4. The van der Waals surface area contributed by atoms with E-state index in [0.717, 1.165) is 43.2 Å². The maximum absolute atomic E-state index is 13.0. The van der Waals surface area contributed by atoms with Crippen molar-refractivity contribution in [3.8, 4) is 6.07 Å². The van der Waals surface area contributed by atoms with Gasteiger partial charge >= 0.3 is 0 Å². The molecule has 3 heterocycles. The molecular formula is C19H25N5O2. The maximum atomic E-state index is 13.0. The fourth-order valence-electron chi connectivity index (χ4n) is 4.37. The molecule has 4 rings (SSSR count). The largest absolute Gasteiger partial charge is 0.380 e. The SMILES string of the molecule is CC1CC(C#N)(C(=O)N2CCc3nnc(N4CCCOCC4)cc3C2)C1. The van der Waals surface area contributed by atoms with E-state index in [9.17, 15) is 10.1 Å². The topological polar surface area (TPSA) is 82.3 Å². The molecule has 1 aromatic heterocycles. The van der Waals surface area contributed by atoms with Crippen LogP contribution in [-0.2, 0) is 22.5 Å². The van der Waals surface area contributed by atoms with Gasteiger partial charge in [-0.1, -0.05) is 6.92 Å². The quantitative estimate of drug-likeness (QED) is 0.800. The van der Waals surface area contributed by atoms with Gasteiger partial charge in [0.05, 0.1) is 18.4 Å². The fraction of sp³-hybridized carbons (Fsp3) is 0.684. The normalized spacial score (nSPS) is 28.5. The summed E-state index contributed by atoms with van der Waals surface area (Å²) < 4.78 is 5.51. The van der Waals surface area contributed by atoms with Crippen LogP contribution in [0.3, 0.4) is 0 Å². The second-order valence-electron chi connectivity index (χ2n) is 7.81. The average molecular weight is 355 g/mol. The van der Waals surface area contributed by atoms with Gasteiger partial charge in [-0.25, -0.2) is 0 Å². The first-order valence-corrected chi connectivity index (χ1v) is 9.50. The molecule has 0 atom stereocenters. The number of carbonyl (C=O) groups is 1. The van der Waals surface area contributed by atoms with Gasteiger partial charge in [0.15, 0.2) is 5.82 Å². The van der Waals surface area contributed by atoms with Crippen molar-refractivity contribution in [1.82, 2.24) is 15.1 Å². The third-order valence-corrected chi connectivity index (χ3v) is 5.78. The van der Waals surface area contributed by atoms with Gasteiger partial charge in [0.25, 0.3) is 0 Å². The van der Waals surface area contributed by atoms with Crippen LogP contribution in [0.1, 0.15) is 37.4 Å². The third-order valence-electron chi connectivity index (χ3n) is 5.78. The highest BCUT2D eigenvalue weighted by Gasteiger charge is 2.51. The molecule has 7 nitrogen and oxygen atoms in total. The zero-order valence-electron chi connectivity index (χ0n) is 15.3. The Morgan fingerprint density at radius 2 is 2.15 bits per heavy atom. The molecule has 0 spiro atoms. The van der Waals surface area contributed by atoms with Crippen molar-refractivity contribution < 1.29 is 9.53 Å². The van der Waals surface area contributed by atoms with Gasteiger partial charge in [0, 0.05) is 39.2 Å². The summed E-state index contributed by atoms with van der Waals surface area (Å²) in [6, 6.07) is 4.36. The second kappa shape index (κ2) is 6.84. The molecule has 0 bridgehead atoms. The standard InChI is InChI=1S/C19H25N5O2/c1-14-10-19(11-14,13-20)18(25)24-5-3-16-15(12-24)9-17(22-21-16)23-4-2-7-26-8-6-23/h9,14H,2-8,10-12H2,1H3. The van der Waals surface area contributed by atoms with Crippen molar-refractivity contribution in [3.63, 3.8) is 0 Å². The summed E-state index contributed by atoms with van der Waals surface area (Å²) >= 11 is 0. The van der Waals surface area contributed by atoms with Crippen LogP contribution < -0.4 is 4.90 Å². The van der Waals surface area contributed by atoms with Crippen LogP contribution >= 0.6 is 0 Å². The van der Waals surface area contributed by atoms with Crippen molar-refractivity contribution in [2.45, 2.75) is 39.2 Å². The van der Waals surface area contributed by atoms with E-state index in [-0.39, 0.29) is 5.91 Å². The number of fused-ring (bicyclic) bond motifs is 1. The summed E-state index contributed by atoms with van der Waals surface area (Å²) in [5.41, 5.74) is 1.22. The lowest BCUT2D eigenvalue weighted by molar-refractivity contribution is -0.146. The molecule has 3 aliphatic rings. The zero-order chi connectivity index (χ0) is 18.1. The molecule has 1 aromatic rings. The van der Waals surface area contributed by atoms with E-state index < -0.39 is 5.41 Å². The highest BCUT2D eigenvalue weighted by Crippen LogP contribution is 2.46. The molecule has 1 aliphatic carbocycles. The molecule has 2 fully saturated rings. The van der Waals surface area contributed by atoms with Crippen LogP contribution in [-0.4, -0.2) is 53.9 Å². The molecule has 0 aromatic carbocycles. The van der Waals surface area contributed by atoms with Crippen molar-refractivity contribution >= 4 is 11.7 Å². The number of nitrogens with zero attached hydrogens (tertiary/aromatic N) is 5. The Hall–Kier alpha value is -2.20. The van der Waals surface area contributed by atoms with Crippen LogP contribution in [0, 0.1) is 22.7 Å². The van der Waals surface area contributed by atoms with Gasteiger partial charge in [-0.05, 0) is 36.8 Å². The van der Waals surface area contributed by atoms with Gasteiger partial charge < -0.3 is 14.5 Å². The van der Waals surface area contributed by atoms with E-state index in [0.29, 0.717) is 44.9 Å². The minimum absolute atomic E-state index is 0.00900. The molecule has 0 radical (unpaired) electrons. The average Bonchev–Trinajstić information content (AvgIpc) is 2.93. The van der Waals surface area contributed by atoms with Crippen molar-refractivity contribution in [3.05, 3.63) is 17.3 Å². The zero-order valence-corrected chi connectivity index (χ0v) is 15.3. The predicted octanol–water partition coefficient (Wildman–Crippen LogP) is 1.53. The second-order valence-corrected chi connectivity index (χ2v) is 7.81. The molecule has 7 heteroatoms. The number of hydrogen-bond donors (Lipinski definition) is 0. The van der Waals surface area contributed by atoms with E-state index in [2.05, 4.69) is 34.2 Å². The smallest absolute Gasteiger partial charge is 0.243 e. The summed E-state index contributed by atoms with van der Waals surface area (Å²) in [5.74, 6) is 1.31. The number of carbonyl (C=O) groups excluding carboxylic acids is 1. The van der Waals surface area contributed by atoms with Crippen molar-refractivity contribution in [2.75, 3.05) is 37.7 Å². The highest BCUT2D eigenvalue weighted by molar-refractivity contribution is 5.86. The van der Waals surface area contributed by atoms with Crippen LogP contribution in [0.25, 0.3) is 0 Å². The van der Waals surface area contributed by atoms with E-state index in [1.54, 1.807) is 0 Å². The summed E-state index contributed by atoms with van der Waals surface area (Å²) in [6.07, 6.45) is 3.04. The number of anilines is 1. The Kier molecular flexibility index (Phi) is 4.53. The monoisotopic (exact) mass is 355 g/mol. The summed E-state index contributed by atoms with van der Waals surface area (Å²) in [4.78, 5) is 17.0. The van der Waals surface area contributed by atoms with Gasteiger partial charge in [-0.2, -0.15) is 10.4 Å². The molecule has 1 saturated carbocycles. The summed E-state index contributed by atoms with van der Waals surface area (Å²) in [7, 11) is 0. The van der Waals surface area contributed by atoms with E-state index in [4.69, 9.17) is 4.74 Å². The van der Waals surface area contributed by atoms with Gasteiger partial charge in [-0.15, -0.1) is 5.10 Å². The van der Waals surface area contributed by atoms with Gasteiger partial charge in [0.1, 0.15) is 5.41 Å². The first-order valence-electron chi connectivity index (χ1n) is 9.50. The molecule has 0 N–H and O–H groups in total. The molecule has 1 saturated heterocycles. The number of ether oxygens (including phenoxy) is 1. The fourth-order valence-corrected chi connectivity index (χ4v) is 4.37. The minimum Gasteiger partial charge on any atom is -0.380 e. The van der Waals surface area contributed by atoms with Crippen LogP contribution in [0.15, 0.2) is 6.07 Å². The highest BCUT2D eigenvalue weighted by atomic mass is 16.5. The van der Waals surface area contributed by atoms with Gasteiger partial charge in [0.2, 0.25) is 5.91 Å². The Labute approximate surface area is 153 Å². The van der Waals surface area contributed by atoms with Crippen LogP contribution in [0.2, 0.25) is 0 Å². The van der Waals surface area contributed by atoms with Crippen LogP contribution in [0.5, 0.6) is 0 Å². The molecule has 2 aliphatic heterocycles. The molecule has 26 heavy (non-hydrogen) atoms. The van der Waals surface area contributed by atoms with Crippen molar-refractivity contribution in [2.24, 2.45) is 11.3 Å². The molecule has 1 amide bonds. The first-order chi connectivity index (χ1) is 12.6. The minimum atomic E-state index is -0.803.